The van der Waals surface area contributed by atoms with Crippen molar-refractivity contribution in [2.75, 3.05) is 14.2 Å². The zero-order valence-corrected chi connectivity index (χ0v) is 12.9. The molecule has 0 amide bonds. The summed E-state index contributed by atoms with van der Waals surface area (Å²) < 4.78 is 10.7. The maximum Gasteiger partial charge on any atom is 0.202 e. The number of nitriles is 1. The Morgan fingerprint density at radius 2 is 1.52 bits per heavy atom. The highest BCUT2D eigenvalue weighted by molar-refractivity contribution is 5.78. The Morgan fingerprint density at radius 3 is 2.09 bits per heavy atom. The van der Waals surface area contributed by atoms with Crippen molar-refractivity contribution < 1.29 is 9.47 Å². The number of ether oxygens (including phenoxy) is 2. The second-order valence-electron chi connectivity index (χ2n) is 4.94. The Kier molecular flexibility index (Phi) is 4.29. The van der Waals surface area contributed by atoms with Crippen LogP contribution in [0.1, 0.15) is 17.5 Å². The van der Waals surface area contributed by atoms with E-state index in [1.807, 2.05) is 36.4 Å². The van der Waals surface area contributed by atoms with Crippen LogP contribution < -0.4 is 0 Å². The number of para-hydroxylation sites is 2. The first kappa shape index (κ1) is 15.1. The molecule has 3 aromatic rings. The number of fused-ring (bicyclic) bond motifs is 1. The highest BCUT2D eigenvalue weighted by Gasteiger charge is 2.19. The fourth-order valence-electron chi connectivity index (χ4n) is 2.41. The lowest BCUT2D eigenvalue weighted by molar-refractivity contribution is -0.108. The molecular formula is C18H15N3O2. The second-order valence-corrected chi connectivity index (χ2v) is 4.94. The molecule has 0 fully saturated rings. The topological polar surface area (TPSA) is 68.0 Å². The van der Waals surface area contributed by atoms with E-state index in [9.17, 15) is 0 Å². The molecule has 1 aromatic heterocycles. The first-order chi connectivity index (χ1) is 11.3. The van der Waals surface area contributed by atoms with Gasteiger partial charge in [-0.3, -0.25) is 0 Å². The molecule has 0 atom stereocenters. The van der Waals surface area contributed by atoms with Crippen molar-refractivity contribution in [1.29, 1.82) is 5.26 Å². The van der Waals surface area contributed by atoms with Crippen molar-refractivity contribution in [3.05, 3.63) is 59.8 Å². The number of nitrogens with zero attached hydrogens (tertiary/aromatic N) is 3. The smallest absolute Gasteiger partial charge is 0.202 e. The van der Waals surface area contributed by atoms with Crippen molar-refractivity contribution in [2.45, 2.75) is 6.29 Å². The Labute approximate surface area is 134 Å². The molecule has 0 bridgehead atoms. The van der Waals surface area contributed by atoms with Gasteiger partial charge >= 0.3 is 0 Å². The van der Waals surface area contributed by atoms with Gasteiger partial charge in [0.1, 0.15) is 5.69 Å². The predicted molar refractivity (Wildman–Crippen MR) is 86.4 cm³/mol. The van der Waals surface area contributed by atoms with Crippen LogP contribution in [-0.4, -0.2) is 24.2 Å². The average Bonchev–Trinajstić information content (AvgIpc) is 2.62. The zero-order valence-electron chi connectivity index (χ0n) is 12.9. The fraction of sp³-hybridized carbons (Fsp3) is 0.167. The number of methoxy groups -OCH3 is 2. The third-order valence-corrected chi connectivity index (χ3v) is 3.54. The zero-order chi connectivity index (χ0) is 16.2. The lowest BCUT2D eigenvalue weighted by Crippen LogP contribution is -2.09. The lowest BCUT2D eigenvalue weighted by atomic mass is 10.1. The molecule has 2 aromatic carbocycles. The van der Waals surface area contributed by atoms with Gasteiger partial charge in [0.2, 0.25) is 6.29 Å². The third kappa shape index (κ3) is 2.90. The van der Waals surface area contributed by atoms with Crippen LogP contribution in [0.4, 0.5) is 0 Å². The molecule has 5 heteroatoms. The van der Waals surface area contributed by atoms with E-state index in [1.54, 1.807) is 26.4 Å². The van der Waals surface area contributed by atoms with Crippen LogP contribution in [0, 0.1) is 11.3 Å². The molecular weight excluding hydrogens is 290 g/mol. The molecule has 114 valence electrons. The summed E-state index contributed by atoms with van der Waals surface area (Å²) in [7, 11) is 3.13. The van der Waals surface area contributed by atoms with Crippen molar-refractivity contribution in [3.8, 4) is 17.3 Å². The Bertz CT molecular complexity index is 866. The van der Waals surface area contributed by atoms with E-state index in [0.717, 1.165) is 16.6 Å². The van der Waals surface area contributed by atoms with Crippen LogP contribution in [0.2, 0.25) is 0 Å². The molecule has 0 radical (unpaired) electrons. The number of hydrogen-bond acceptors (Lipinski definition) is 5. The SMILES string of the molecule is COC(OC)c1nc2ccccc2nc1-c1ccc(C#N)cc1. The van der Waals surface area contributed by atoms with Crippen molar-refractivity contribution in [2.24, 2.45) is 0 Å². The summed E-state index contributed by atoms with van der Waals surface area (Å²) >= 11 is 0. The molecule has 0 N–H and O–H groups in total. The highest BCUT2D eigenvalue weighted by Crippen LogP contribution is 2.29. The van der Waals surface area contributed by atoms with Gasteiger partial charge < -0.3 is 9.47 Å². The van der Waals surface area contributed by atoms with E-state index in [-0.39, 0.29) is 0 Å². The van der Waals surface area contributed by atoms with Gasteiger partial charge in [-0.1, -0.05) is 24.3 Å². The van der Waals surface area contributed by atoms with E-state index in [4.69, 9.17) is 19.7 Å². The normalized spacial score (nSPS) is 10.9. The van der Waals surface area contributed by atoms with Gasteiger partial charge in [0.25, 0.3) is 0 Å². The van der Waals surface area contributed by atoms with Crippen molar-refractivity contribution >= 4 is 11.0 Å². The van der Waals surface area contributed by atoms with Gasteiger partial charge in [-0.15, -0.1) is 0 Å². The summed E-state index contributed by atoms with van der Waals surface area (Å²) in [5.41, 5.74) is 4.32. The molecule has 5 nitrogen and oxygen atoms in total. The number of rotatable bonds is 4. The van der Waals surface area contributed by atoms with Crippen LogP contribution in [0.25, 0.3) is 22.3 Å². The van der Waals surface area contributed by atoms with Crippen LogP contribution >= 0.6 is 0 Å². The molecule has 0 saturated carbocycles. The van der Waals surface area contributed by atoms with E-state index >= 15 is 0 Å². The highest BCUT2D eigenvalue weighted by atomic mass is 16.7. The minimum absolute atomic E-state index is 0.596. The Morgan fingerprint density at radius 1 is 0.913 bits per heavy atom. The Hall–Kier alpha value is -2.81. The summed E-state index contributed by atoms with van der Waals surface area (Å²) in [6.45, 7) is 0. The minimum atomic E-state index is -0.613. The van der Waals surface area contributed by atoms with Crippen LogP contribution in [-0.2, 0) is 9.47 Å². The number of aromatic nitrogens is 2. The summed E-state index contributed by atoms with van der Waals surface area (Å²) in [5.74, 6) is 0. The minimum Gasteiger partial charge on any atom is -0.350 e. The van der Waals surface area contributed by atoms with Crippen LogP contribution in [0.15, 0.2) is 48.5 Å². The van der Waals surface area contributed by atoms with Crippen LogP contribution in [0.3, 0.4) is 0 Å². The molecule has 0 aliphatic heterocycles. The molecule has 0 aliphatic carbocycles. The van der Waals surface area contributed by atoms with Gasteiger partial charge in [-0.2, -0.15) is 5.26 Å². The molecule has 3 rings (SSSR count). The summed E-state index contributed by atoms with van der Waals surface area (Å²) in [6.07, 6.45) is -0.613. The first-order valence-corrected chi connectivity index (χ1v) is 7.09. The van der Waals surface area contributed by atoms with E-state index in [1.165, 1.54) is 0 Å². The van der Waals surface area contributed by atoms with Gasteiger partial charge in [-0.25, -0.2) is 9.97 Å². The largest absolute Gasteiger partial charge is 0.350 e. The Balaban J connectivity index is 2.23. The van der Waals surface area contributed by atoms with Gasteiger partial charge in [0, 0.05) is 19.8 Å². The number of hydrogen-bond donors (Lipinski definition) is 0. The fourth-order valence-corrected chi connectivity index (χ4v) is 2.41. The first-order valence-electron chi connectivity index (χ1n) is 7.09. The molecule has 0 saturated heterocycles. The molecule has 1 heterocycles. The van der Waals surface area contributed by atoms with Crippen molar-refractivity contribution in [1.82, 2.24) is 9.97 Å². The van der Waals surface area contributed by atoms with Gasteiger partial charge in [0.05, 0.1) is 28.4 Å². The average molecular weight is 305 g/mol. The van der Waals surface area contributed by atoms with E-state index < -0.39 is 6.29 Å². The maximum absolute atomic E-state index is 8.94. The third-order valence-electron chi connectivity index (χ3n) is 3.54. The van der Waals surface area contributed by atoms with Crippen LogP contribution in [0.5, 0.6) is 0 Å². The standard InChI is InChI=1S/C18H15N3O2/c1-22-18(23-2)17-16(13-9-7-12(11-19)8-10-13)20-14-5-3-4-6-15(14)21-17/h3-10,18H,1-2H3. The van der Waals surface area contributed by atoms with Crippen molar-refractivity contribution in [3.63, 3.8) is 0 Å². The maximum atomic E-state index is 8.94. The quantitative estimate of drug-likeness (QED) is 0.690. The van der Waals surface area contributed by atoms with Gasteiger partial charge in [0.15, 0.2) is 0 Å². The number of benzene rings is 2. The monoisotopic (exact) mass is 305 g/mol. The summed E-state index contributed by atoms with van der Waals surface area (Å²) in [5, 5.41) is 8.94. The van der Waals surface area contributed by atoms with E-state index in [0.29, 0.717) is 17.0 Å². The predicted octanol–water partition coefficient (Wildman–Crippen LogP) is 3.46. The molecule has 0 unspecified atom stereocenters. The van der Waals surface area contributed by atoms with E-state index in [2.05, 4.69) is 11.1 Å². The molecule has 0 spiro atoms. The summed E-state index contributed by atoms with van der Waals surface area (Å²) in [6, 6.07) is 17.0. The molecule has 0 aliphatic rings. The van der Waals surface area contributed by atoms with Gasteiger partial charge in [-0.05, 0) is 24.3 Å². The lowest BCUT2D eigenvalue weighted by Gasteiger charge is -2.17. The summed E-state index contributed by atoms with van der Waals surface area (Å²) in [4.78, 5) is 9.37. The molecule has 23 heavy (non-hydrogen) atoms. The second kappa shape index (κ2) is 6.53.